The van der Waals surface area contributed by atoms with Crippen LogP contribution in [0.25, 0.3) is 11.2 Å². The fraction of sp³-hybridized carbons (Fsp3) is 0.583. The molecule has 3 heterocycles. The van der Waals surface area contributed by atoms with E-state index < -0.39 is 24.5 Å². The van der Waals surface area contributed by atoms with Crippen LogP contribution in [0.1, 0.15) is 6.23 Å². The van der Waals surface area contributed by atoms with E-state index in [1.165, 1.54) is 29.6 Å². The number of anilines is 1. The van der Waals surface area contributed by atoms with Gasteiger partial charge in [-0.15, -0.1) is 0 Å². The van der Waals surface area contributed by atoms with Gasteiger partial charge in [-0.25, -0.2) is 4.98 Å². The number of imidazole rings is 1. The summed E-state index contributed by atoms with van der Waals surface area (Å²) in [5.41, 5.74) is 5.70. The standard InChI is InChI=1S/C12H17N5O5/c1-16-10(20)6-9(15-12(16)13)17(4-14-6)11-8(21-2)7(19)5(3-18)22-11/h4-5,7-8,11,18-19H,3H2,1-2H3,(H2,13,15)/t5-,7?,8+,11-/m1/s1. The lowest BCUT2D eigenvalue weighted by Crippen LogP contribution is -2.34. The Hall–Kier alpha value is -2.01. The third-order valence-electron chi connectivity index (χ3n) is 3.88. The van der Waals surface area contributed by atoms with Crippen molar-refractivity contribution in [2.24, 2.45) is 7.05 Å². The van der Waals surface area contributed by atoms with Crippen LogP contribution in [-0.4, -0.2) is 61.3 Å². The van der Waals surface area contributed by atoms with E-state index in [1.807, 2.05) is 0 Å². The third-order valence-corrected chi connectivity index (χ3v) is 3.88. The summed E-state index contributed by atoms with van der Waals surface area (Å²) in [6.45, 7) is -0.360. The molecule has 1 saturated heterocycles. The number of hydrogen-bond acceptors (Lipinski definition) is 8. The minimum absolute atomic E-state index is 0.0328. The zero-order valence-corrected chi connectivity index (χ0v) is 12.1. The molecule has 120 valence electrons. The molecule has 22 heavy (non-hydrogen) atoms. The molecule has 1 unspecified atom stereocenters. The van der Waals surface area contributed by atoms with Crippen molar-refractivity contribution >= 4 is 17.1 Å². The van der Waals surface area contributed by atoms with Crippen LogP contribution in [0, 0.1) is 0 Å². The van der Waals surface area contributed by atoms with E-state index >= 15 is 0 Å². The zero-order chi connectivity index (χ0) is 16.0. The normalized spacial score (nSPS) is 28.5. The molecule has 2 aromatic heterocycles. The molecule has 4 N–H and O–H groups in total. The summed E-state index contributed by atoms with van der Waals surface area (Å²) in [5.74, 6) is 0.0328. The van der Waals surface area contributed by atoms with Gasteiger partial charge in [-0.3, -0.25) is 13.9 Å². The summed E-state index contributed by atoms with van der Waals surface area (Å²) in [7, 11) is 2.92. The highest BCUT2D eigenvalue weighted by molar-refractivity contribution is 5.71. The first-order valence-corrected chi connectivity index (χ1v) is 6.65. The topological polar surface area (TPSA) is 138 Å². The summed E-state index contributed by atoms with van der Waals surface area (Å²) >= 11 is 0. The van der Waals surface area contributed by atoms with Crippen molar-refractivity contribution in [1.29, 1.82) is 0 Å². The Morgan fingerprint density at radius 1 is 1.55 bits per heavy atom. The molecule has 1 aliphatic heterocycles. The van der Waals surface area contributed by atoms with E-state index in [2.05, 4.69) is 9.97 Å². The lowest BCUT2D eigenvalue weighted by atomic mass is 10.1. The molecule has 0 aromatic carbocycles. The second-order valence-corrected chi connectivity index (χ2v) is 5.10. The lowest BCUT2D eigenvalue weighted by molar-refractivity contribution is -0.0583. The first-order chi connectivity index (χ1) is 10.5. The van der Waals surface area contributed by atoms with Gasteiger partial charge in [-0.1, -0.05) is 0 Å². The fourth-order valence-corrected chi connectivity index (χ4v) is 2.60. The number of nitrogens with zero attached hydrogens (tertiary/aromatic N) is 4. The number of aromatic nitrogens is 4. The summed E-state index contributed by atoms with van der Waals surface area (Å²) in [6.07, 6.45) is -1.94. The average molecular weight is 311 g/mol. The number of ether oxygens (including phenoxy) is 2. The van der Waals surface area contributed by atoms with Crippen molar-refractivity contribution in [2.45, 2.75) is 24.5 Å². The van der Waals surface area contributed by atoms with Crippen LogP contribution in [0.3, 0.4) is 0 Å². The van der Waals surface area contributed by atoms with Gasteiger partial charge in [-0.2, -0.15) is 4.98 Å². The Morgan fingerprint density at radius 3 is 2.91 bits per heavy atom. The van der Waals surface area contributed by atoms with Gasteiger partial charge in [0.15, 0.2) is 17.4 Å². The summed E-state index contributed by atoms with van der Waals surface area (Å²) in [5, 5.41) is 19.3. The fourth-order valence-electron chi connectivity index (χ4n) is 2.60. The molecule has 10 nitrogen and oxygen atoms in total. The number of hydrogen-bond donors (Lipinski definition) is 3. The van der Waals surface area contributed by atoms with E-state index in [-0.39, 0.29) is 29.3 Å². The van der Waals surface area contributed by atoms with Crippen LogP contribution in [0.5, 0.6) is 0 Å². The first-order valence-electron chi connectivity index (χ1n) is 6.65. The number of rotatable bonds is 3. The first kappa shape index (κ1) is 14.9. The molecule has 0 saturated carbocycles. The number of aliphatic hydroxyl groups excluding tert-OH is 2. The molecule has 10 heteroatoms. The molecule has 0 bridgehead atoms. The summed E-state index contributed by atoms with van der Waals surface area (Å²) in [4.78, 5) is 20.3. The van der Waals surface area contributed by atoms with Crippen molar-refractivity contribution in [2.75, 3.05) is 19.5 Å². The largest absolute Gasteiger partial charge is 0.394 e. The Labute approximate surface area is 124 Å². The second kappa shape index (κ2) is 5.32. The summed E-state index contributed by atoms with van der Waals surface area (Å²) in [6, 6.07) is 0. The monoisotopic (exact) mass is 311 g/mol. The van der Waals surface area contributed by atoms with Crippen LogP contribution in [0.15, 0.2) is 11.1 Å². The van der Waals surface area contributed by atoms with Gasteiger partial charge >= 0.3 is 0 Å². The van der Waals surface area contributed by atoms with Gasteiger partial charge in [-0.05, 0) is 0 Å². The molecule has 4 atom stereocenters. The van der Waals surface area contributed by atoms with Gasteiger partial charge in [0.05, 0.1) is 12.9 Å². The van der Waals surface area contributed by atoms with Crippen molar-refractivity contribution < 1.29 is 19.7 Å². The molecule has 0 spiro atoms. The van der Waals surface area contributed by atoms with Crippen LogP contribution in [0.4, 0.5) is 5.95 Å². The minimum Gasteiger partial charge on any atom is -0.394 e. The predicted octanol–water partition coefficient (Wildman–Crippen LogP) is -2.02. The van der Waals surface area contributed by atoms with Crippen LogP contribution >= 0.6 is 0 Å². The van der Waals surface area contributed by atoms with Gasteiger partial charge in [0.2, 0.25) is 5.95 Å². The zero-order valence-electron chi connectivity index (χ0n) is 12.1. The van der Waals surface area contributed by atoms with Crippen molar-refractivity contribution in [3.63, 3.8) is 0 Å². The Morgan fingerprint density at radius 2 is 2.27 bits per heavy atom. The van der Waals surface area contributed by atoms with E-state index in [1.54, 1.807) is 0 Å². The van der Waals surface area contributed by atoms with E-state index in [4.69, 9.17) is 15.2 Å². The summed E-state index contributed by atoms with van der Waals surface area (Å²) < 4.78 is 13.5. The van der Waals surface area contributed by atoms with Crippen molar-refractivity contribution in [3.8, 4) is 0 Å². The number of nitrogens with two attached hydrogens (primary N) is 1. The van der Waals surface area contributed by atoms with E-state index in [9.17, 15) is 15.0 Å². The number of aliphatic hydroxyl groups is 2. The highest BCUT2D eigenvalue weighted by Crippen LogP contribution is 2.32. The molecule has 0 radical (unpaired) electrons. The Kier molecular flexibility index (Phi) is 3.60. The van der Waals surface area contributed by atoms with Gasteiger partial charge in [0.25, 0.3) is 5.56 Å². The van der Waals surface area contributed by atoms with Crippen LogP contribution in [0.2, 0.25) is 0 Å². The van der Waals surface area contributed by atoms with Crippen molar-refractivity contribution in [3.05, 3.63) is 16.7 Å². The quantitative estimate of drug-likeness (QED) is 0.590. The van der Waals surface area contributed by atoms with E-state index in [0.29, 0.717) is 0 Å². The molecular weight excluding hydrogens is 294 g/mol. The smallest absolute Gasteiger partial charge is 0.282 e. The maximum atomic E-state index is 12.1. The highest BCUT2D eigenvalue weighted by atomic mass is 16.6. The number of nitrogen functional groups attached to an aromatic ring is 1. The van der Waals surface area contributed by atoms with Gasteiger partial charge in [0.1, 0.15) is 18.3 Å². The maximum absolute atomic E-state index is 12.1. The lowest BCUT2D eigenvalue weighted by Gasteiger charge is -2.20. The molecule has 0 aliphatic carbocycles. The third kappa shape index (κ3) is 2.00. The molecular formula is C12H17N5O5. The predicted molar refractivity (Wildman–Crippen MR) is 75.0 cm³/mol. The van der Waals surface area contributed by atoms with Crippen LogP contribution < -0.4 is 11.3 Å². The second-order valence-electron chi connectivity index (χ2n) is 5.10. The van der Waals surface area contributed by atoms with Crippen molar-refractivity contribution in [1.82, 2.24) is 19.1 Å². The molecule has 3 rings (SSSR count). The van der Waals surface area contributed by atoms with Gasteiger partial charge < -0.3 is 25.4 Å². The molecule has 1 aliphatic rings. The van der Waals surface area contributed by atoms with E-state index in [0.717, 1.165) is 0 Å². The van der Waals surface area contributed by atoms with Crippen LogP contribution in [-0.2, 0) is 16.5 Å². The highest BCUT2D eigenvalue weighted by Gasteiger charge is 2.45. The molecule has 0 amide bonds. The maximum Gasteiger partial charge on any atom is 0.282 e. The molecule has 1 fully saturated rings. The average Bonchev–Trinajstić information content (AvgIpc) is 3.05. The Balaban J connectivity index is 2.13. The Bertz CT molecular complexity index is 756. The number of fused-ring (bicyclic) bond motifs is 1. The minimum atomic E-state index is -1.01. The molecule has 2 aromatic rings. The van der Waals surface area contributed by atoms with Gasteiger partial charge in [0, 0.05) is 14.2 Å². The number of methoxy groups -OCH3 is 1. The SMILES string of the molecule is CO[C@H]1C(O)[C@@H](CO)O[C@H]1n1cnc2c(=O)n(C)c(N)nc21.